The number of fused-ring (bicyclic) bond motifs is 1. The first-order valence-corrected chi connectivity index (χ1v) is 16.0. The minimum atomic E-state index is -4.66. The number of likely N-dealkylation sites (tertiary alicyclic amines) is 1. The number of benzene rings is 2. The molecule has 48 heavy (non-hydrogen) atoms. The van der Waals surface area contributed by atoms with Crippen molar-refractivity contribution in [2.75, 3.05) is 29.4 Å². The number of nitrogens with zero attached hydrogens (tertiary/aromatic N) is 8. The van der Waals surface area contributed by atoms with E-state index in [1.165, 1.54) is 15.9 Å². The van der Waals surface area contributed by atoms with Crippen molar-refractivity contribution < 1.29 is 22.8 Å². The van der Waals surface area contributed by atoms with Crippen LogP contribution in [0.25, 0.3) is 22.5 Å². The second-order valence-corrected chi connectivity index (χ2v) is 13.4. The van der Waals surface area contributed by atoms with Gasteiger partial charge in [-0.2, -0.15) is 18.4 Å². The predicted molar refractivity (Wildman–Crippen MR) is 169 cm³/mol. The van der Waals surface area contributed by atoms with Crippen molar-refractivity contribution in [3.63, 3.8) is 0 Å². The van der Waals surface area contributed by atoms with Crippen molar-refractivity contribution in [1.29, 1.82) is 5.26 Å². The Bertz CT molecular complexity index is 2040. The molecule has 2 saturated heterocycles. The van der Waals surface area contributed by atoms with Crippen LogP contribution in [-0.2, 0) is 31.1 Å². The molecular formula is C35H31F3N8O2. The molecule has 1 spiro atoms. The van der Waals surface area contributed by atoms with Gasteiger partial charge in [0.05, 0.1) is 23.7 Å². The number of hydrogen-bond donors (Lipinski definition) is 0. The van der Waals surface area contributed by atoms with Gasteiger partial charge in [0, 0.05) is 44.2 Å². The summed E-state index contributed by atoms with van der Waals surface area (Å²) in [6.45, 7) is 2.13. The quantitative estimate of drug-likeness (QED) is 0.263. The van der Waals surface area contributed by atoms with E-state index in [0.29, 0.717) is 65.0 Å². The van der Waals surface area contributed by atoms with E-state index in [9.17, 15) is 28.0 Å². The fraction of sp³-hybridized carbons (Fsp3) is 0.371. The number of halogens is 3. The maximum Gasteiger partial charge on any atom is 0.416 e. The average molecular weight is 653 g/mol. The highest BCUT2D eigenvalue weighted by Crippen LogP contribution is 2.53. The highest BCUT2D eigenvalue weighted by Gasteiger charge is 2.48. The van der Waals surface area contributed by atoms with Gasteiger partial charge < -0.3 is 4.57 Å². The Labute approximate surface area is 274 Å². The summed E-state index contributed by atoms with van der Waals surface area (Å²) in [5.41, 5.74) is 1.98. The summed E-state index contributed by atoms with van der Waals surface area (Å²) >= 11 is 0. The summed E-state index contributed by atoms with van der Waals surface area (Å²) < 4.78 is 45.4. The molecule has 0 radical (unpaired) electrons. The van der Waals surface area contributed by atoms with E-state index in [-0.39, 0.29) is 35.2 Å². The number of amides is 2. The highest BCUT2D eigenvalue weighted by atomic mass is 19.4. The summed E-state index contributed by atoms with van der Waals surface area (Å²) in [5, 5.41) is 18.0. The van der Waals surface area contributed by atoms with E-state index in [1.807, 2.05) is 0 Å². The van der Waals surface area contributed by atoms with Gasteiger partial charge in [-0.25, -0.2) is 4.98 Å². The number of carbonyl (C=O) groups excluding carboxylic acids is 2. The van der Waals surface area contributed by atoms with Gasteiger partial charge in [0.1, 0.15) is 18.0 Å². The standard InChI is InChI=1S/C35H31F3N8O2/c1-43-20-40-42-32(43)24-5-4-21(16-39)11-25(24)23-14-29(45-9-2-3-31(45)47)41-30(15-23)46-18-27-26(33(46)48)12-22(13-28(27)35(36,37)38)17-44-10-8-34(19-44)6-7-34/h4-5,11-15,20H,2-3,6-10,17-19H2,1H3. The molecule has 4 aliphatic rings. The fourth-order valence-corrected chi connectivity index (χ4v) is 7.40. The maximum absolute atomic E-state index is 14.6. The van der Waals surface area contributed by atoms with Crippen LogP contribution in [0.4, 0.5) is 24.8 Å². The molecule has 5 heterocycles. The summed E-state index contributed by atoms with van der Waals surface area (Å²) in [4.78, 5) is 36.6. The van der Waals surface area contributed by atoms with Crippen molar-refractivity contribution in [1.82, 2.24) is 24.6 Å². The van der Waals surface area contributed by atoms with E-state index in [2.05, 4.69) is 21.2 Å². The second kappa shape index (κ2) is 11.0. The molecule has 3 aliphatic heterocycles. The zero-order valence-corrected chi connectivity index (χ0v) is 26.2. The number of carbonyl (C=O) groups is 2. The van der Waals surface area contributed by atoms with Crippen LogP contribution >= 0.6 is 0 Å². The Morgan fingerprint density at radius 2 is 1.75 bits per heavy atom. The minimum absolute atomic E-state index is 0.0115. The molecule has 244 valence electrons. The van der Waals surface area contributed by atoms with Gasteiger partial charge in [-0.15, -0.1) is 10.2 Å². The molecule has 0 unspecified atom stereocenters. The molecule has 1 saturated carbocycles. The van der Waals surface area contributed by atoms with Crippen LogP contribution < -0.4 is 9.80 Å². The molecule has 2 amide bonds. The average Bonchev–Trinajstić information content (AvgIpc) is 3.41. The van der Waals surface area contributed by atoms with E-state index in [4.69, 9.17) is 4.98 Å². The Morgan fingerprint density at radius 3 is 2.40 bits per heavy atom. The summed E-state index contributed by atoms with van der Waals surface area (Å²) in [6, 6.07) is 13.4. The van der Waals surface area contributed by atoms with Crippen LogP contribution in [0.5, 0.6) is 0 Å². The van der Waals surface area contributed by atoms with Gasteiger partial charge in [0.15, 0.2) is 5.82 Å². The normalized spacial score (nSPS) is 18.6. The zero-order valence-electron chi connectivity index (χ0n) is 26.2. The lowest BCUT2D eigenvalue weighted by Crippen LogP contribution is -2.28. The van der Waals surface area contributed by atoms with Crippen molar-refractivity contribution in [3.8, 4) is 28.6 Å². The number of pyridine rings is 1. The van der Waals surface area contributed by atoms with Crippen LogP contribution in [0.3, 0.4) is 0 Å². The maximum atomic E-state index is 14.6. The molecule has 0 N–H and O–H groups in total. The van der Waals surface area contributed by atoms with Crippen molar-refractivity contribution >= 4 is 23.5 Å². The number of nitriles is 1. The molecule has 2 aromatic carbocycles. The van der Waals surface area contributed by atoms with Crippen LogP contribution in [0.1, 0.15) is 64.7 Å². The zero-order chi connectivity index (χ0) is 33.4. The summed E-state index contributed by atoms with van der Waals surface area (Å²) in [6.07, 6.45) is 1.21. The molecule has 13 heteroatoms. The topological polar surface area (TPSA) is 111 Å². The van der Waals surface area contributed by atoms with Gasteiger partial charge in [-0.05, 0) is 102 Å². The highest BCUT2D eigenvalue weighted by molar-refractivity contribution is 6.10. The van der Waals surface area contributed by atoms with E-state index in [1.54, 1.807) is 54.3 Å². The third kappa shape index (κ3) is 5.20. The summed E-state index contributed by atoms with van der Waals surface area (Å²) in [5.74, 6) is 0.184. The van der Waals surface area contributed by atoms with Gasteiger partial charge >= 0.3 is 6.18 Å². The largest absolute Gasteiger partial charge is 0.416 e. The fourth-order valence-electron chi connectivity index (χ4n) is 7.40. The molecule has 2 aromatic heterocycles. The number of hydrogen-bond acceptors (Lipinski definition) is 7. The molecule has 3 fully saturated rings. The lowest BCUT2D eigenvalue weighted by atomic mass is 9.97. The molecular weight excluding hydrogens is 621 g/mol. The second-order valence-electron chi connectivity index (χ2n) is 13.4. The smallest absolute Gasteiger partial charge is 0.317 e. The number of aryl methyl sites for hydroxylation is 1. The molecule has 10 nitrogen and oxygen atoms in total. The van der Waals surface area contributed by atoms with Gasteiger partial charge in [0.2, 0.25) is 5.91 Å². The Hall–Kier alpha value is -5.09. The van der Waals surface area contributed by atoms with Crippen molar-refractivity contribution in [2.45, 2.75) is 51.4 Å². The number of aromatic nitrogens is 4. The SMILES string of the molecule is Cn1cnnc1-c1ccc(C#N)cc1-c1cc(N2CCCC2=O)nc(N2Cc3c(cc(CN4CCC5(CC5)C4)cc3C(F)(F)F)C2=O)c1. The van der Waals surface area contributed by atoms with Crippen molar-refractivity contribution in [2.24, 2.45) is 12.5 Å². The summed E-state index contributed by atoms with van der Waals surface area (Å²) in [7, 11) is 1.78. The monoisotopic (exact) mass is 652 g/mol. The minimum Gasteiger partial charge on any atom is -0.317 e. The van der Waals surface area contributed by atoms with Gasteiger partial charge in [-0.1, -0.05) is 0 Å². The first-order chi connectivity index (χ1) is 23.0. The lowest BCUT2D eigenvalue weighted by molar-refractivity contribution is -0.138. The van der Waals surface area contributed by atoms with Crippen molar-refractivity contribution in [3.05, 3.63) is 76.6 Å². The van der Waals surface area contributed by atoms with Gasteiger partial charge in [-0.3, -0.25) is 24.3 Å². The van der Waals surface area contributed by atoms with E-state index in [0.717, 1.165) is 32.4 Å². The number of anilines is 2. The number of rotatable bonds is 6. The third-order valence-corrected chi connectivity index (χ3v) is 10.1. The Morgan fingerprint density at radius 1 is 0.958 bits per heavy atom. The van der Waals surface area contributed by atoms with Crippen LogP contribution in [-0.4, -0.2) is 56.1 Å². The Balaban J connectivity index is 1.23. The first kappa shape index (κ1) is 30.3. The van der Waals surface area contributed by atoms with Crippen LogP contribution in [0.15, 0.2) is 48.8 Å². The third-order valence-electron chi connectivity index (χ3n) is 10.1. The molecule has 8 rings (SSSR count). The molecule has 4 aromatic rings. The molecule has 1 aliphatic carbocycles. The number of alkyl halides is 3. The first-order valence-electron chi connectivity index (χ1n) is 16.0. The van der Waals surface area contributed by atoms with Crippen LogP contribution in [0.2, 0.25) is 0 Å². The van der Waals surface area contributed by atoms with Crippen LogP contribution in [0, 0.1) is 16.7 Å². The molecule has 0 bridgehead atoms. The lowest BCUT2D eigenvalue weighted by Gasteiger charge is -2.22. The van der Waals surface area contributed by atoms with E-state index < -0.39 is 17.6 Å². The van der Waals surface area contributed by atoms with E-state index >= 15 is 0 Å². The molecule has 0 atom stereocenters. The van der Waals surface area contributed by atoms with Gasteiger partial charge in [0.25, 0.3) is 5.91 Å². The Kier molecular flexibility index (Phi) is 6.92. The predicted octanol–water partition coefficient (Wildman–Crippen LogP) is 5.71.